The fourth-order valence-electron chi connectivity index (χ4n) is 1.50. The Labute approximate surface area is 99.1 Å². The van der Waals surface area contributed by atoms with Gasteiger partial charge < -0.3 is 9.47 Å². The number of hydrogen-bond acceptors (Lipinski definition) is 4. The van der Waals surface area contributed by atoms with E-state index >= 15 is 0 Å². The van der Waals surface area contributed by atoms with Crippen LogP contribution in [0.15, 0.2) is 29.2 Å². The first-order valence-corrected chi connectivity index (χ1v) is 5.95. The highest BCUT2D eigenvalue weighted by molar-refractivity contribution is 8.00. The van der Waals surface area contributed by atoms with Gasteiger partial charge in [0.2, 0.25) is 0 Å². The van der Waals surface area contributed by atoms with Crippen LogP contribution in [0.3, 0.4) is 0 Å². The zero-order valence-corrected chi connectivity index (χ0v) is 10.2. The molecule has 0 aliphatic carbocycles. The van der Waals surface area contributed by atoms with E-state index in [2.05, 4.69) is 0 Å². The van der Waals surface area contributed by atoms with Gasteiger partial charge in [0.05, 0.1) is 9.64 Å². The second-order valence-electron chi connectivity index (χ2n) is 4.07. The highest BCUT2D eigenvalue weighted by atomic mass is 32.2. The first-order valence-electron chi connectivity index (χ1n) is 5.13. The van der Waals surface area contributed by atoms with Crippen molar-refractivity contribution < 1.29 is 14.3 Å². The lowest BCUT2D eigenvalue weighted by molar-refractivity contribution is -0.141. The number of rotatable bonds is 2. The smallest absolute Gasteiger partial charge is 0.302 e. The summed E-state index contributed by atoms with van der Waals surface area (Å²) >= 11 is 1.70. The quantitative estimate of drug-likeness (QED) is 0.742. The van der Waals surface area contributed by atoms with E-state index in [-0.39, 0.29) is 10.7 Å². The lowest BCUT2D eigenvalue weighted by Crippen LogP contribution is -2.37. The van der Waals surface area contributed by atoms with Crippen LogP contribution in [-0.2, 0) is 9.53 Å². The largest absolute Gasteiger partial charge is 0.491 e. The Morgan fingerprint density at radius 3 is 3.06 bits per heavy atom. The minimum absolute atomic E-state index is 0.194. The molecule has 0 radical (unpaired) electrons. The van der Waals surface area contributed by atoms with E-state index in [4.69, 9.17) is 9.47 Å². The van der Waals surface area contributed by atoms with Gasteiger partial charge in [-0.3, -0.25) is 4.79 Å². The number of carbonyl (C=O) groups excluding carboxylic acids is 1. The molecule has 0 spiro atoms. The maximum absolute atomic E-state index is 10.8. The van der Waals surface area contributed by atoms with Crippen LogP contribution in [0.4, 0.5) is 0 Å². The van der Waals surface area contributed by atoms with Crippen molar-refractivity contribution in [3.8, 4) is 5.75 Å². The maximum Gasteiger partial charge on any atom is 0.302 e. The summed E-state index contributed by atoms with van der Waals surface area (Å²) in [6, 6.07) is 7.90. The van der Waals surface area contributed by atoms with Crippen molar-refractivity contribution in [2.24, 2.45) is 0 Å². The first-order chi connectivity index (χ1) is 7.59. The molecule has 1 heterocycles. The highest BCUT2D eigenvalue weighted by Gasteiger charge is 2.33. The number of esters is 1. The van der Waals surface area contributed by atoms with Crippen LogP contribution in [0.5, 0.6) is 5.75 Å². The van der Waals surface area contributed by atoms with Crippen LogP contribution in [0.1, 0.15) is 13.8 Å². The summed E-state index contributed by atoms with van der Waals surface area (Å²) in [6.07, 6.45) is 0. The summed E-state index contributed by atoms with van der Waals surface area (Å²) in [5.74, 6) is 0.661. The van der Waals surface area contributed by atoms with Gasteiger partial charge in [-0.05, 0) is 19.1 Å². The van der Waals surface area contributed by atoms with Crippen molar-refractivity contribution in [2.45, 2.75) is 23.5 Å². The molecule has 0 saturated heterocycles. The SMILES string of the molecule is CC(=O)OCC1(C)COc2ccccc2S1. The number of benzene rings is 1. The zero-order valence-electron chi connectivity index (χ0n) is 9.36. The number of thioether (sulfide) groups is 1. The van der Waals surface area contributed by atoms with Crippen LogP contribution in [-0.4, -0.2) is 23.9 Å². The fourth-order valence-corrected chi connectivity index (χ4v) is 2.65. The Balaban J connectivity index is 2.08. The zero-order chi connectivity index (χ0) is 11.6. The van der Waals surface area contributed by atoms with Gasteiger partial charge >= 0.3 is 5.97 Å². The second kappa shape index (κ2) is 4.37. The summed E-state index contributed by atoms with van der Waals surface area (Å²) in [6.45, 7) is 4.39. The lowest BCUT2D eigenvalue weighted by atomic mass is 10.2. The molecule has 3 nitrogen and oxygen atoms in total. The fraction of sp³-hybridized carbons (Fsp3) is 0.417. The molecule has 1 atom stereocenters. The number of hydrogen-bond donors (Lipinski definition) is 0. The van der Waals surface area contributed by atoms with Gasteiger partial charge in [-0.15, -0.1) is 11.8 Å². The highest BCUT2D eigenvalue weighted by Crippen LogP contribution is 2.42. The van der Waals surface area contributed by atoms with Gasteiger partial charge in [-0.2, -0.15) is 0 Å². The van der Waals surface area contributed by atoms with E-state index in [0.717, 1.165) is 10.6 Å². The molecule has 0 N–H and O–H groups in total. The molecule has 86 valence electrons. The Kier molecular flexibility index (Phi) is 3.10. The van der Waals surface area contributed by atoms with Crippen LogP contribution in [0.2, 0.25) is 0 Å². The minimum atomic E-state index is -0.249. The van der Waals surface area contributed by atoms with Crippen LogP contribution >= 0.6 is 11.8 Å². The van der Waals surface area contributed by atoms with Crippen molar-refractivity contribution in [2.75, 3.05) is 13.2 Å². The molecule has 1 aromatic rings. The summed E-state index contributed by atoms with van der Waals surface area (Å²) in [4.78, 5) is 11.9. The van der Waals surface area contributed by atoms with Crippen molar-refractivity contribution >= 4 is 17.7 Å². The summed E-state index contributed by atoms with van der Waals surface area (Å²) < 4.78 is 10.5. The summed E-state index contributed by atoms with van der Waals surface area (Å²) in [5.41, 5.74) is 0. The van der Waals surface area contributed by atoms with Gasteiger partial charge in [-0.25, -0.2) is 0 Å². The van der Waals surface area contributed by atoms with Crippen LogP contribution < -0.4 is 4.74 Å². The van der Waals surface area contributed by atoms with E-state index in [0.29, 0.717) is 13.2 Å². The van der Waals surface area contributed by atoms with Crippen molar-refractivity contribution in [3.63, 3.8) is 0 Å². The molecule has 0 amide bonds. The molecule has 1 aliphatic rings. The first kappa shape index (κ1) is 11.3. The number of para-hydroxylation sites is 1. The molecule has 1 unspecified atom stereocenters. The third-order valence-corrected chi connectivity index (χ3v) is 3.60. The Hall–Kier alpha value is -1.16. The molecule has 16 heavy (non-hydrogen) atoms. The van der Waals surface area contributed by atoms with Gasteiger partial charge in [0, 0.05) is 6.92 Å². The van der Waals surface area contributed by atoms with E-state index in [1.54, 1.807) is 11.8 Å². The topological polar surface area (TPSA) is 35.5 Å². The molecule has 4 heteroatoms. The Morgan fingerprint density at radius 2 is 2.31 bits per heavy atom. The number of carbonyl (C=O) groups is 1. The molecule has 0 bridgehead atoms. The monoisotopic (exact) mass is 238 g/mol. The standard InChI is InChI=1S/C12H14O3S/c1-9(13)14-7-12(2)8-15-10-5-3-4-6-11(10)16-12/h3-6H,7-8H2,1-2H3. The van der Waals surface area contributed by atoms with E-state index in [1.165, 1.54) is 6.92 Å². The van der Waals surface area contributed by atoms with Crippen LogP contribution in [0, 0.1) is 0 Å². The normalized spacial score (nSPS) is 23.1. The van der Waals surface area contributed by atoms with Crippen molar-refractivity contribution in [1.29, 1.82) is 0 Å². The minimum Gasteiger partial charge on any atom is -0.491 e. The molecule has 2 rings (SSSR count). The van der Waals surface area contributed by atoms with Crippen molar-refractivity contribution in [3.05, 3.63) is 24.3 Å². The number of ether oxygens (including phenoxy) is 2. The predicted molar refractivity (Wildman–Crippen MR) is 62.8 cm³/mol. The summed E-state index contributed by atoms with van der Waals surface area (Å²) in [5, 5.41) is 0. The Morgan fingerprint density at radius 1 is 1.56 bits per heavy atom. The van der Waals surface area contributed by atoms with Crippen LogP contribution in [0.25, 0.3) is 0 Å². The predicted octanol–water partition coefficient (Wildman–Crippen LogP) is 2.49. The van der Waals surface area contributed by atoms with E-state index in [9.17, 15) is 4.79 Å². The summed E-state index contributed by atoms with van der Waals surface area (Å²) in [7, 11) is 0. The number of fused-ring (bicyclic) bond motifs is 1. The van der Waals surface area contributed by atoms with E-state index in [1.807, 2.05) is 31.2 Å². The lowest BCUT2D eigenvalue weighted by Gasteiger charge is -2.33. The van der Waals surface area contributed by atoms with Gasteiger partial charge in [0.1, 0.15) is 19.0 Å². The second-order valence-corrected chi connectivity index (χ2v) is 5.70. The molecule has 0 fully saturated rings. The molecule has 1 aromatic carbocycles. The average Bonchev–Trinajstić information content (AvgIpc) is 2.26. The van der Waals surface area contributed by atoms with Gasteiger partial charge in [0.15, 0.2) is 0 Å². The third kappa shape index (κ3) is 2.50. The maximum atomic E-state index is 10.8. The van der Waals surface area contributed by atoms with Gasteiger partial charge in [0.25, 0.3) is 0 Å². The molecular formula is C12H14O3S. The van der Waals surface area contributed by atoms with Crippen molar-refractivity contribution in [1.82, 2.24) is 0 Å². The molecule has 0 aromatic heterocycles. The Bertz CT molecular complexity index is 405. The van der Waals surface area contributed by atoms with Gasteiger partial charge in [-0.1, -0.05) is 12.1 Å². The molecule has 0 saturated carbocycles. The molecule has 1 aliphatic heterocycles. The third-order valence-electron chi connectivity index (χ3n) is 2.32. The average molecular weight is 238 g/mol. The molecular weight excluding hydrogens is 224 g/mol. The van der Waals surface area contributed by atoms with E-state index < -0.39 is 0 Å².